The van der Waals surface area contributed by atoms with E-state index in [0.29, 0.717) is 12.5 Å². The Morgan fingerprint density at radius 3 is 2.24 bits per heavy atom. The summed E-state index contributed by atoms with van der Waals surface area (Å²) in [5, 5.41) is 8.81. The molecule has 0 aromatic carbocycles. The lowest BCUT2D eigenvalue weighted by Crippen LogP contribution is -2.50. The molecule has 4 nitrogen and oxygen atoms in total. The van der Waals surface area contributed by atoms with Crippen molar-refractivity contribution in [3.05, 3.63) is 0 Å². The molecular formula is C13H23NO3. The van der Waals surface area contributed by atoms with E-state index in [0.717, 1.165) is 25.7 Å². The zero-order valence-corrected chi connectivity index (χ0v) is 11.0. The Morgan fingerprint density at radius 2 is 1.94 bits per heavy atom. The van der Waals surface area contributed by atoms with Crippen LogP contribution in [0.2, 0.25) is 0 Å². The summed E-state index contributed by atoms with van der Waals surface area (Å²) in [6.45, 7) is 6.37. The Bertz CT molecular complexity index is 295. The van der Waals surface area contributed by atoms with Crippen molar-refractivity contribution < 1.29 is 14.7 Å². The maximum Gasteiger partial charge on any atom is 0.323 e. The molecule has 0 spiro atoms. The van der Waals surface area contributed by atoms with Crippen molar-refractivity contribution >= 4 is 11.9 Å². The van der Waals surface area contributed by atoms with E-state index in [1.165, 1.54) is 4.90 Å². The number of carbonyl (C=O) groups excluding carboxylic acids is 1. The van der Waals surface area contributed by atoms with Crippen LogP contribution < -0.4 is 0 Å². The first-order chi connectivity index (χ1) is 7.91. The number of hydrogen-bond acceptors (Lipinski definition) is 2. The third-order valence-corrected chi connectivity index (χ3v) is 3.56. The summed E-state index contributed by atoms with van der Waals surface area (Å²) in [7, 11) is 0. The van der Waals surface area contributed by atoms with Crippen LogP contribution in [0.25, 0.3) is 0 Å². The molecule has 0 atom stereocenters. The van der Waals surface area contributed by atoms with Crippen molar-refractivity contribution in [3.8, 4) is 0 Å². The molecule has 0 saturated heterocycles. The van der Waals surface area contributed by atoms with E-state index in [4.69, 9.17) is 5.11 Å². The summed E-state index contributed by atoms with van der Waals surface area (Å²) < 4.78 is 0. The van der Waals surface area contributed by atoms with E-state index < -0.39 is 5.97 Å². The summed E-state index contributed by atoms with van der Waals surface area (Å²) in [6.07, 6.45) is 3.80. The molecule has 0 heterocycles. The van der Waals surface area contributed by atoms with Crippen LogP contribution in [0.4, 0.5) is 0 Å². The summed E-state index contributed by atoms with van der Waals surface area (Å²) in [5.41, 5.74) is -0.264. The largest absolute Gasteiger partial charge is 0.480 e. The molecule has 1 N–H and O–H groups in total. The van der Waals surface area contributed by atoms with Gasteiger partial charge in [0.2, 0.25) is 5.91 Å². The molecule has 98 valence electrons. The first-order valence-electron chi connectivity index (χ1n) is 6.42. The number of amides is 1. The van der Waals surface area contributed by atoms with Gasteiger partial charge in [-0.2, -0.15) is 0 Å². The average Bonchev–Trinajstić information content (AvgIpc) is 2.18. The number of carboxylic acids is 1. The Balaban J connectivity index is 2.73. The summed E-state index contributed by atoms with van der Waals surface area (Å²) >= 11 is 0. The maximum atomic E-state index is 12.4. The van der Waals surface area contributed by atoms with Gasteiger partial charge in [-0.15, -0.1) is 0 Å². The molecule has 0 aromatic rings. The zero-order chi connectivity index (χ0) is 13.1. The van der Waals surface area contributed by atoms with Gasteiger partial charge in [-0.25, -0.2) is 0 Å². The maximum absolute atomic E-state index is 12.4. The predicted octanol–water partition coefficient (Wildman–Crippen LogP) is 2.14. The molecule has 0 unspecified atom stereocenters. The Labute approximate surface area is 103 Å². The second-order valence-electron chi connectivity index (χ2n) is 5.44. The minimum absolute atomic E-state index is 0.0438. The highest BCUT2D eigenvalue weighted by Gasteiger charge is 2.46. The van der Waals surface area contributed by atoms with Crippen molar-refractivity contribution in [1.82, 2.24) is 4.90 Å². The lowest BCUT2D eigenvalue weighted by atomic mass is 9.63. The zero-order valence-electron chi connectivity index (χ0n) is 11.0. The number of likely N-dealkylation sites (N-methyl/N-ethyl adjacent to an activating group) is 1. The quantitative estimate of drug-likeness (QED) is 0.775. The Kier molecular flexibility index (Phi) is 4.54. The van der Waals surface area contributed by atoms with E-state index in [1.807, 2.05) is 6.92 Å². The summed E-state index contributed by atoms with van der Waals surface area (Å²) in [4.78, 5) is 24.6. The van der Waals surface area contributed by atoms with Gasteiger partial charge in [0, 0.05) is 12.0 Å². The van der Waals surface area contributed by atoms with Crippen molar-refractivity contribution in [1.29, 1.82) is 0 Å². The highest BCUT2D eigenvalue weighted by atomic mass is 16.4. The van der Waals surface area contributed by atoms with Gasteiger partial charge in [-0.1, -0.05) is 20.3 Å². The van der Waals surface area contributed by atoms with Crippen LogP contribution in [0.15, 0.2) is 0 Å². The molecule has 1 aliphatic rings. The second-order valence-corrected chi connectivity index (χ2v) is 5.44. The van der Waals surface area contributed by atoms with Crippen LogP contribution in [0.1, 0.15) is 46.5 Å². The predicted molar refractivity (Wildman–Crippen MR) is 65.6 cm³/mol. The Morgan fingerprint density at radius 1 is 1.35 bits per heavy atom. The second kappa shape index (κ2) is 5.52. The van der Waals surface area contributed by atoms with Gasteiger partial charge in [0.25, 0.3) is 0 Å². The number of carbonyl (C=O) groups is 2. The smallest absolute Gasteiger partial charge is 0.323 e. The first-order valence-corrected chi connectivity index (χ1v) is 6.42. The van der Waals surface area contributed by atoms with E-state index in [1.54, 1.807) is 0 Å². The molecule has 1 saturated carbocycles. The van der Waals surface area contributed by atoms with Gasteiger partial charge >= 0.3 is 5.97 Å². The average molecular weight is 241 g/mol. The van der Waals surface area contributed by atoms with Crippen molar-refractivity contribution in [2.45, 2.75) is 46.5 Å². The minimum atomic E-state index is -0.931. The molecular weight excluding hydrogens is 218 g/mol. The highest BCUT2D eigenvalue weighted by Crippen LogP contribution is 2.47. The first kappa shape index (κ1) is 14.0. The molecule has 0 radical (unpaired) electrons. The SMILES string of the molecule is CCN(CC(=O)O)C(=O)C1(CC(C)C)CCC1. The van der Waals surface area contributed by atoms with Gasteiger partial charge in [0.05, 0.1) is 0 Å². The molecule has 0 aliphatic heterocycles. The monoisotopic (exact) mass is 241 g/mol. The van der Waals surface area contributed by atoms with Crippen molar-refractivity contribution in [3.63, 3.8) is 0 Å². The van der Waals surface area contributed by atoms with Crippen LogP contribution in [-0.2, 0) is 9.59 Å². The van der Waals surface area contributed by atoms with E-state index >= 15 is 0 Å². The number of hydrogen-bond donors (Lipinski definition) is 1. The van der Waals surface area contributed by atoms with Gasteiger partial charge in [-0.3, -0.25) is 9.59 Å². The molecule has 4 heteroatoms. The topological polar surface area (TPSA) is 57.6 Å². The van der Waals surface area contributed by atoms with Gasteiger partial charge < -0.3 is 10.0 Å². The van der Waals surface area contributed by atoms with Gasteiger partial charge in [0.1, 0.15) is 6.54 Å². The normalized spacial score (nSPS) is 17.6. The van der Waals surface area contributed by atoms with Gasteiger partial charge in [-0.05, 0) is 32.1 Å². The third-order valence-electron chi connectivity index (χ3n) is 3.56. The molecule has 17 heavy (non-hydrogen) atoms. The molecule has 1 rings (SSSR count). The molecule has 0 aromatic heterocycles. The fourth-order valence-electron chi connectivity index (χ4n) is 2.72. The number of rotatable bonds is 6. The Hall–Kier alpha value is -1.06. The van der Waals surface area contributed by atoms with E-state index in [2.05, 4.69) is 13.8 Å². The van der Waals surface area contributed by atoms with Crippen LogP contribution in [0.3, 0.4) is 0 Å². The summed E-state index contributed by atoms with van der Waals surface area (Å²) in [5.74, 6) is -0.413. The molecule has 0 bridgehead atoms. The minimum Gasteiger partial charge on any atom is -0.480 e. The molecule has 1 aliphatic carbocycles. The van der Waals surface area contributed by atoms with Gasteiger partial charge in [0.15, 0.2) is 0 Å². The molecule has 1 amide bonds. The van der Waals surface area contributed by atoms with E-state index in [-0.39, 0.29) is 17.9 Å². The van der Waals surface area contributed by atoms with Crippen LogP contribution in [0, 0.1) is 11.3 Å². The van der Waals surface area contributed by atoms with Crippen LogP contribution in [-0.4, -0.2) is 35.0 Å². The fourth-order valence-corrected chi connectivity index (χ4v) is 2.72. The number of carboxylic acid groups (broad SMARTS) is 1. The number of nitrogens with zero attached hydrogens (tertiary/aromatic N) is 1. The highest BCUT2D eigenvalue weighted by molar-refractivity contribution is 5.86. The third kappa shape index (κ3) is 3.20. The fraction of sp³-hybridized carbons (Fsp3) is 0.846. The van der Waals surface area contributed by atoms with Crippen molar-refractivity contribution in [2.24, 2.45) is 11.3 Å². The van der Waals surface area contributed by atoms with E-state index in [9.17, 15) is 9.59 Å². The molecule has 1 fully saturated rings. The van der Waals surface area contributed by atoms with Crippen molar-refractivity contribution in [2.75, 3.05) is 13.1 Å². The lowest BCUT2D eigenvalue weighted by molar-refractivity contribution is -0.154. The van der Waals surface area contributed by atoms with Crippen LogP contribution in [0.5, 0.6) is 0 Å². The standard InChI is InChI=1S/C13H23NO3/c1-4-14(9-11(15)16)12(17)13(6-5-7-13)8-10(2)3/h10H,4-9H2,1-3H3,(H,15,16). The summed E-state index contributed by atoms with van der Waals surface area (Å²) in [6, 6.07) is 0. The van der Waals surface area contributed by atoms with Crippen LogP contribution >= 0.6 is 0 Å². The number of aliphatic carboxylic acids is 1. The lowest BCUT2D eigenvalue weighted by Gasteiger charge is -2.44.